The normalized spacial score (nSPS) is 13.6. The first-order valence-corrected chi connectivity index (χ1v) is 9.10. The Morgan fingerprint density at radius 3 is 2.48 bits per heavy atom. The van der Waals surface area contributed by atoms with E-state index in [9.17, 15) is 4.79 Å². The summed E-state index contributed by atoms with van der Waals surface area (Å²) in [6, 6.07) is 15.2. The van der Waals surface area contributed by atoms with E-state index < -0.39 is 0 Å². The lowest BCUT2D eigenvalue weighted by molar-refractivity contribution is -0.119. The molecule has 0 atom stereocenters. The number of thiocarbonyl (C=S) groups is 1. The Kier molecular flexibility index (Phi) is 5.89. The van der Waals surface area contributed by atoms with Crippen LogP contribution >= 0.6 is 23.8 Å². The van der Waals surface area contributed by atoms with Gasteiger partial charge in [-0.2, -0.15) is 0 Å². The molecule has 0 spiro atoms. The molecule has 1 heterocycles. The molecule has 2 aromatic rings. The fourth-order valence-electron chi connectivity index (χ4n) is 2.93. The zero-order chi connectivity index (χ0) is 17.6. The lowest BCUT2D eigenvalue weighted by atomic mass is 10.1. The molecule has 1 aliphatic rings. The van der Waals surface area contributed by atoms with Crippen LogP contribution in [-0.4, -0.2) is 24.1 Å². The van der Waals surface area contributed by atoms with Crippen molar-refractivity contribution in [2.45, 2.75) is 19.3 Å². The van der Waals surface area contributed by atoms with Crippen molar-refractivity contribution in [3.8, 4) is 0 Å². The van der Waals surface area contributed by atoms with Gasteiger partial charge in [-0.15, -0.1) is 0 Å². The largest absolute Gasteiger partial charge is 0.370 e. The number of benzene rings is 2. The van der Waals surface area contributed by atoms with Gasteiger partial charge in [-0.25, -0.2) is 0 Å². The molecule has 130 valence electrons. The molecule has 0 saturated carbocycles. The Morgan fingerprint density at radius 2 is 1.76 bits per heavy atom. The SMILES string of the molecule is O=C(Cc1ccc(Cl)cc1)NC(=S)Nc1ccccc1N1CCCC1. The number of anilines is 2. The van der Waals surface area contributed by atoms with Crippen LogP contribution in [0.15, 0.2) is 48.5 Å². The second kappa shape index (κ2) is 8.32. The number of carbonyl (C=O) groups is 1. The summed E-state index contributed by atoms with van der Waals surface area (Å²) in [5.41, 5.74) is 2.93. The van der Waals surface area contributed by atoms with Gasteiger partial charge in [0, 0.05) is 18.1 Å². The van der Waals surface area contributed by atoms with Gasteiger partial charge in [0.15, 0.2) is 5.11 Å². The molecule has 0 bridgehead atoms. The molecular formula is C19H20ClN3OS. The molecule has 0 radical (unpaired) electrons. The second-order valence-electron chi connectivity index (χ2n) is 6.02. The van der Waals surface area contributed by atoms with Crippen LogP contribution < -0.4 is 15.5 Å². The highest BCUT2D eigenvalue weighted by atomic mass is 35.5. The average molecular weight is 374 g/mol. The van der Waals surface area contributed by atoms with Gasteiger partial charge in [0.05, 0.1) is 17.8 Å². The average Bonchev–Trinajstić information content (AvgIpc) is 3.11. The van der Waals surface area contributed by atoms with E-state index in [0.29, 0.717) is 10.1 Å². The summed E-state index contributed by atoms with van der Waals surface area (Å²) >= 11 is 11.2. The summed E-state index contributed by atoms with van der Waals surface area (Å²) in [6.45, 7) is 2.10. The molecule has 0 aliphatic carbocycles. The third-order valence-corrected chi connectivity index (χ3v) is 4.59. The Balaban J connectivity index is 1.59. The van der Waals surface area contributed by atoms with Crippen molar-refractivity contribution in [2.75, 3.05) is 23.3 Å². The molecule has 1 saturated heterocycles. The Morgan fingerprint density at radius 1 is 1.08 bits per heavy atom. The van der Waals surface area contributed by atoms with Gasteiger partial charge >= 0.3 is 0 Å². The molecular weight excluding hydrogens is 354 g/mol. The van der Waals surface area contributed by atoms with Gasteiger partial charge in [0.1, 0.15) is 0 Å². The highest BCUT2D eigenvalue weighted by Crippen LogP contribution is 2.28. The maximum absolute atomic E-state index is 12.2. The molecule has 2 N–H and O–H groups in total. The smallest absolute Gasteiger partial charge is 0.230 e. The van der Waals surface area contributed by atoms with Crippen LogP contribution in [0.5, 0.6) is 0 Å². The summed E-state index contributed by atoms with van der Waals surface area (Å²) in [6.07, 6.45) is 2.67. The molecule has 3 rings (SSSR count). The van der Waals surface area contributed by atoms with Crippen LogP contribution in [0.2, 0.25) is 5.02 Å². The molecule has 25 heavy (non-hydrogen) atoms. The van der Waals surface area contributed by atoms with Crippen LogP contribution in [0.4, 0.5) is 11.4 Å². The van der Waals surface area contributed by atoms with E-state index >= 15 is 0 Å². The van der Waals surface area contributed by atoms with Crippen LogP contribution in [0.25, 0.3) is 0 Å². The minimum Gasteiger partial charge on any atom is -0.370 e. The van der Waals surface area contributed by atoms with Crippen LogP contribution in [0, 0.1) is 0 Å². The fourth-order valence-corrected chi connectivity index (χ4v) is 3.27. The maximum atomic E-state index is 12.2. The van der Waals surface area contributed by atoms with Crippen molar-refractivity contribution in [3.63, 3.8) is 0 Å². The number of rotatable bonds is 4. The Hall–Kier alpha value is -2.11. The second-order valence-corrected chi connectivity index (χ2v) is 6.86. The predicted octanol–water partition coefficient (Wildman–Crippen LogP) is 4.00. The van der Waals surface area contributed by atoms with Gasteiger partial charge in [0.25, 0.3) is 0 Å². The van der Waals surface area contributed by atoms with Gasteiger partial charge in [-0.1, -0.05) is 35.9 Å². The number of hydrogen-bond donors (Lipinski definition) is 2. The van der Waals surface area contributed by atoms with Crippen molar-refractivity contribution < 1.29 is 4.79 Å². The lowest BCUT2D eigenvalue weighted by Crippen LogP contribution is -2.35. The molecule has 0 aromatic heterocycles. The number of nitrogens with one attached hydrogen (secondary N) is 2. The molecule has 6 heteroatoms. The van der Waals surface area contributed by atoms with Crippen molar-refractivity contribution in [1.29, 1.82) is 0 Å². The van der Waals surface area contributed by atoms with E-state index in [1.165, 1.54) is 12.8 Å². The summed E-state index contributed by atoms with van der Waals surface area (Å²) in [5.74, 6) is -0.154. The first-order chi connectivity index (χ1) is 12.1. The first kappa shape index (κ1) is 17.7. The van der Waals surface area contributed by atoms with Crippen molar-refractivity contribution in [1.82, 2.24) is 5.32 Å². The molecule has 4 nitrogen and oxygen atoms in total. The molecule has 1 fully saturated rings. The highest BCUT2D eigenvalue weighted by molar-refractivity contribution is 7.80. The predicted molar refractivity (Wildman–Crippen MR) is 107 cm³/mol. The quantitative estimate of drug-likeness (QED) is 0.795. The molecule has 1 amide bonds. The van der Waals surface area contributed by atoms with Crippen LogP contribution in [0.3, 0.4) is 0 Å². The third-order valence-electron chi connectivity index (χ3n) is 4.13. The summed E-state index contributed by atoms with van der Waals surface area (Å²) in [5, 5.41) is 6.85. The standard InChI is InChI=1S/C19H20ClN3OS/c20-15-9-7-14(8-10-15)13-18(24)22-19(25)21-16-5-1-2-6-17(16)23-11-3-4-12-23/h1-2,5-10H,3-4,11-13H2,(H2,21,22,24,25). The van der Waals surface area contributed by atoms with E-state index in [1.54, 1.807) is 12.1 Å². The van der Waals surface area contributed by atoms with Crippen molar-refractivity contribution >= 4 is 46.2 Å². The Bertz CT molecular complexity index is 758. The zero-order valence-electron chi connectivity index (χ0n) is 13.8. The highest BCUT2D eigenvalue weighted by Gasteiger charge is 2.16. The molecule has 0 unspecified atom stereocenters. The molecule has 2 aromatic carbocycles. The van der Waals surface area contributed by atoms with Crippen molar-refractivity contribution in [2.24, 2.45) is 0 Å². The minimum atomic E-state index is -0.154. The Labute approximate surface area is 158 Å². The van der Waals surface area contributed by atoms with E-state index in [1.807, 2.05) is 30.3 Å². The molecule has 1 aliphatic heterocycles. The topological polar surface area (TPSA) is 44.4 Å². The first-order valence-electron chi connectivity index (χ1n) is 8.31. The van der Waals surface area contributed by atoms with Gasteiger partial charge in [0.2, 0.25) is 5.91 Å². The summed E-state index contributed by atoms with van der Waals surface area (Å²) in [4.78, 5) is 14.5. The fraction of sp³-hybridized carbons (Fsp3) is 0.263. The van der Waals surface area contributed by atoms with Gasteiger partial charge in [-0.05, 0) is 54.9 Å². The number of carbonyl (C=O) groups excluding carboxylic acids is 1. The van der Waals surface area contributed by atoms with E-state index in [0.717, 1.165) is 30.0 Å². The van der Waals surface area contributed by atoms with Crippen LogP contribution in [-0.2, 0) is 11.2 Å². The van der Waals surface area contributed by atoms with E-state index in [4.69, 9.17) is 23.8 Å². The number of hydrogen-bond acceptors (Lipinski definition) is 3. The number of halogens is 1. The third kappa shape index (κ3) is 4.94. The van der Waals surface area contributed by atoms with Gasteiger partial charge < -0.3 is 15.5 Å². The number of nitrogens with zero attached hydrogens (tertiary/aromatic N) is 1. The van der Waals surface area contributed by atoms with Gasteiger partial charge in [-0.3, -0.25) is 4.79 Å². The minimum absolute atomic E-state index is 0.154. The number of para-hydroxylation sites is 2. The van der Waals surface area contributed by atoms with E-state index in [2.05, 4.69) is 21.6 Å². The van der Waals surface area contributed by atoms with E-state index in [-0.39, 0.29) is 12.3 Å². The monoisotopic (exact) mass is 373 g/mol. The number of amides is 1. The summed E-state index contributed by atoms with van der Waals surface area (Å²) in [7, 11) is 0. The maximum Gasteiger partial charge on any atom is 0.230 e. The lowest BCUT2D eigenvalue weighted by Gasteiger charge is -2.22. The van der Waals surface area contributed by atoms with Crippen LogP contribution in [0.1, 0.15) is 18.4 Å². The summed E-state index contributed by atoms with van der Waals surface area (Å²) < 4.78 is 0. The van der Waals surface area contributed by atoms with Crippen molar-refractivity contribution in [3.05, 3.63) is 59.1 Å². The zero-order valence-corrected chi connectivity index (χ0v) is 15.4.